The minimum absolute atomic E-state index is 0. The number of hydrogen-bond donors (Lipinski definition) is 6. The average molecular weight is 2390 g/mol. The zero-order valence-corrected chi connectivity index (χ0v) is 86.9. The topological polar surface area (TPSA) is 243 Å². The molecule has 0 unspecified atom stereocenters. The Morgan fingerprint density at radius 3 is 1.19 bits per heavy atom. The van der Waals surface area contributed by atoms with Gasteiger partial charge in [0, 0.05) is 63.0 Å². The number of imidazole rings is 4. The number of nitrogens with two attached hydrogens (primary N) is 3. The van der Waals surface area contributed by atoms with Crippen molar-refractivity contribution < 1.29 is 46.8 Å². The molecule has 0 fully saturated rings. The van der Waals surface area contributed by atoms with Gasteiger partial charge in [0.05, 0.1) is 75.1 Å². The number of halogens is 10. The number of anilines is 4. The molecule has 0 aliphatic carbocycles. The summed E-state index contributed by atoms with van der Waals surface area (Å²) in [6, 6.07) is 52.5. The van der Waals surface area contributed by atoms with E-state index in [0.717, 1.165) is 51.8 Å². The van der Waals surface area contributed by atoms with Crippen molar-refractivity contribution in [3.8, 4) is 0 Å². The maximum Gasteiger partial charge on any atom is 0.292 e. The van der Waals surface area contributed by atoms with Gasteiger partial charge in [-0.15, -0.1) is 0 Å². The average Bonchev–Trinajstić information content (AvgIpc) is 1.68. The molecule has 1 aliphatic heterocycles. The number of benzene rings is 7. The SMILES string of the molecule is CC.CC.CC.CC.CC.CC.CC.CC.CC.CC(I)(I)I.CC(I)I.CCI.C[CH-]I.Clc1nc2ccccc2[nH]1.Clc1nc2ccccc2[nH]1.Cn1c(Cl)nc2ccccc21.Cn1cnc2ccccc21.Nc1ccccc1N.Nc1ccccc1[N+](=O)[O-].O=C1Cc2ccccc2N1.[CH2-]C.[V].[V]. The summed E-state index contributed by atoms with van der Waals surface area (Å²) in [4.78, 5) is 42.6. The second kappa shape index (κ2) is 90.0. The van der Waals surface area contributed by atoms with Crippen LogP contribution in [-0.2, 0) is 62.4 Å². The predicted molar refractivity (Wildman–Crippen MR) is 530 cm³/mol. The van der Waals surface area contributed by atoms with Gasteiger partial charge >= 0.3 is 0 Å². The van der Waals surface area contributed by atoms with Crippen LogP contribution in [0.1, 0.15) is 165 Å². The number of rotatable bonds is 1. The Balaban J connectivity index is -0.000000103. The van der Waals surface area contributed by atoms with Crippen molar-refractivity contribution in [2.75, 3.05) is 26.9 Å². The molecule has 2 radical (unpaired) electrons. The van der Waals surface area contributed by atoms with Crippen LogP contribution in [0.5, 0.6) is 0 Å². The molecule has 11 aromatic rings. The van der Waals surface area contributed by atoms with Gasteiger partial charge in [-0.1, -0.05) is 358 Å². The summed E-state index contributed by atoms with van der Waals surface area (Å²) in [7, 11) is 3.90. The van der Waals surface area contributed by atoms with Crippen LogP contribution in [0.3, 0.4) is 0 Å². The third-order valence-corrected chi connectivity index (χ3v) is 10.6. The van der Waals surface area contributed by atoms with Crippen LogP contribution in [-0.4, -0.2) is 55.7 Å². The van der Waals surface area contributed by atoms with Crippen LogP contribution in [0.25, 0.3) is 44.1 Å². The van der Waals surface area contributed by atoms with E-state index in [2.05, 4.69) is 227 Å². The van der Waals surface area contributed by atoms with Crippen LogP contribution in [0, 0.1) is 21.5 Å². The van der Waals surface area contributed by atoms with Crippen molar-refractivity contribution in [3.05, 3.63) is 219 Å². The Morgan fingerprint density at radius 2 is 0.868 bits per heavy atom. The number of nitrogens with one attached hydrogen (secondary N) is 3. The molecule has 7 aromatic carbocycles. The van der Waals surface area contributed by atoms with Gasteiger partial charge in [-0.05, 0) is 131 Å². The molecule has 0 saturated heterocycles. The summed E-state index contributed by atoms with van der Waals surface area (Å²) in [5.74, 6) is 0.0983. The number of aryl methyl sites for hydroxylation is 2. The maximum absolute atomic E-state index is 10.8. The van der Waals surface area contributed by atoms with E-state index in [-0.39, 0.29) is 54.4 Å². The number of nitro groups is 1. The number of nitrogen functional groups attached to an aromatic ring is 3. The zero-order chi connectivity index (χ0) is 82.8. The van der Waals surface area contributed by atoms with Crippen LogP contribution in [0.15, 0.2) is 176 Å². The summed E-state index contributed by atoms with van der Waals surface area (Å²) < 4.78 is 8.24. The van der Waals surface area contributed by atoms with Crippen molar-refractivity contribution in [1.82, 2.24) is 39.0 Å². The molecule has 0 atom stereocenters. The van der Waals surface area contributed by atoms with Gasteiger partial charge in [0.1, 0.15) is 5.12 Å². The monoisotopic (exact) mass is 2380 g/mol. The summed E-state index contributed by atoms with van der Waals surface area (Å²) in [5.41, 5.74) is 27.6. The van der Waals surface area contributed by atoms with Gasteiger partial charge in [0.2, 0.25) is 21.8 Å². The Bertz CT molecular complexity index is 3490. The smallest absolute Gasteiger partial charge is 0.292 e. The fourth-order valence-electron chi connectivity index (χ4n) is 6.37. The number of hydrogen-bond acceptors (Lipinski definition) is 10. The first-order chi connectivity index (χ1) is 49.8. The fraction of sp³-hybridized carbons (Fsp3) is 0.372. The number of carbonyl (C=O) groups excluding carboxylic acids is 1. The summed E-state index contributed by atoms with van der Waals surface area (Å²) in [5, 5.41) is 14.3. The molecule has 16 nitrogen and oxygen atoms in total. The van der Waals surface area contributed by atoms with Crippen molar-refractivity contribution in [3.63, 3.8) is 0 Å². The number of alkyl halides is 6. The molecule has 4 aromatic heterocycles. The van der Waals surface area contributed by atoms with Crippen LogP contribution in [0.2, 0.25) is 15.9 Å². The fourth-order valence-corrected chi connectivity index (χ4v) is 6.94. The van der Waals surface area contributed by atoms with Crippen LogP contribution < -0.4 is 22.5 Å². The first-order valence-electron chi connectivity index (χ1n) is 34.4. The Labute approximate surface area is 774 Å². The van der Waals surface area contributed by atoms with Gasteiger partial charge in [-0.25, -0.2) is 19.9 Å². The first-order valence-corrected chi connectivity index (χ1v) is 44.1. The largest absolute Gasteiger partial charge is 0.397 e. The molecular weight excluding hydrogens is 2260 g/mol. The third kappa shape index (κ3) is 67.5. The molecule has 1 aliphatic rings. The first kappa shape index (κ1) is 127. The van der Waals surface area contributed by atoms with Gasteiger partial charge in [-0.3, -0.25) is 19.3 Å². The summed E-state index contributed by atoms with van der Waals surface area (Å²) >= 11 is 33.2. The van der Waals surface area contributed by atoms with Crippen LogP contribution >= 0.6 is 193 Å². The minimum atomic E-state index is -0.505. The van der Waals surface area contributed by atoms with E-state index in [1.807, 2.05) is 293 Å². The number of para-hydroxylation sites is 13. The van der Waals surface area contributed by atoms with Crippen molar-refractivity contribution in [2.45, 2.75) is 167 Å². The van der Waals surface area contributed by atoms with Crippen molar-refractivity contribution >= 4 is 271 Å². The molecule has 0 bridgehead atoms. The van der Waals surface area contributed by atoms with Gasteiger partial charge in [0.25, 0.3) is 5.69 Å². The maximum atomic E-state index is 10.8. The number of fused-ring (bicyclic) bond motifs is 5. The number of carbonyl (C=O) groups is 1. The van der Waals surface area contributed by atoms with E-state index in [4.69, 9.17) is 52.0 Å². The number of H-pyrrole nitrogens is 2. The van der Waals surface area contributed by atoms with E-state index >= 15 is 0 Å². The van der Waals surface area contributed by atoms with E-state index < -0.39 is 4.92 Å². The Kier molecular flexibility index (Phi) is 108. The van der Waals surface area contributed by atoms with E-state index in [9.17, 15) is 14.9 Å². The van der Waals surface area contributed by atoms with Gasteiger partial charge < -0.3 is 71.1 Å². The van der Waals surface area contributed by atoms with E-state index in [1.165, 1.54) is 22.1 Å². The number of nitro benzene ring substituents is 1. The van der Waals surface area contributed by atoms with Gasteiger partial charge in [-0.2, -0.15) is 13.8 Å². The number of amides is 1. The van der Waals surface area contributed by atoms with Crippen molar-refractivity contribution in [1.29, 1.82) is 0 Å². The quantitative estimate of drug-likeness (QED) is 0.0227. The summed E-state index contributed by atoms with van der Waals surface area (Å²) in [6.45, 7) is 49.4. The number of nitrogens with zero attached hydrogens (tertiary/aromatic N) is 7. The summed E-state index contributed by atoms with van der Waals surface area (Å²) in [6.07, 6.45) is 2.36. The minimum Gasteiger partial charge on any atom is -0.397 e. The zero-order valence-electron chi connectivity index (χ0n) is 66.8. The third-order valence-electron chi connectivity index (χ3n) is 9.86. The normalized spacial score (nSPS) is 8.82. The Hall–Kier alpha value is -2.16. The molecule has 1 amide bonds. The van der Waals surface area contributed by atoms with Crippen molar-refractivity contribution in [2.24, 2.45) is 14.1 Å². The molecule has 0 spiro atoms. The molecule has 28 heteroatoms. The van der Waals surface area contributed by atoms with Crippen LogP contribution in [0.4, 0.5) is 28.4 Å². The van der Waals surface area contributed by atoms with E-state index in [0.29, 0.717) is 33.1 Å². The number of aromatic nitrogens is 8. The molecule has 12 rings (SSSR count). The predicted octanol–water partition coefficient (Wildman–Crippen LogP) is 29.7. The molecule has 106 heavy (non-hydrogen) atoms. The molecule has 598 valence electrons. The molecule has 0 saturated carbocycles. The second-order valence-corrected chi connectivity index (χ2v) is 39.1. The van der Waals surface area contributed by atoms with E-state index in [1.54, 1.807) is 31.2 Å². The Morgan fingerprint density at radius 1 is 0.566 bits per heavy atom. The molecule has 5 heterocycles. The molecule has 9 N–H and O–H groups in total. The number of aromatic amines is 2. The molecular formula is C78H121Cl3I7N13O3V2-2. The van der Waals surface area contributed by atoms with Gasteiger partial charge in [0.15, 0.2) is 0 Å². The second-order valence-electron chi connectivity index (χ2n) is 16.5. The standard InChI is InChI=1S/C8H7ClN2.C8H8N2.C8H7NO.2C7H5ClN2.C6H6N2O2.C6H8N2.C2H3I3.C2H4I2.C2H5I.C2H4I.9C2H6.C2H5.2V/c1-11-7-5-3-2-4-6(7)10-8(11)9;1-10-6-9-7-4-2-3-5-8(7)10;10-8-5-6-3-1-2-4-7(6)9-8;2*8-7-9-5-3-1-2-4-6(5)10-7;7-5-3-1-2-4-6(5)8(9)10;7-5-3-1-2-4-6(5)8;1-2(3,4)5;1-2(3)4;2*1-2-3;10*1-2;;/h2-5H,1H3;2-6H,1H3;1-4H,5H2,(H,9,10);2*1-4H,(H,9,10);1-4H,7H2;1-4H,7-8H2;1H3;2H,1H3;2H2,1H3;2H,1H3;9*1-2H3;1H2,2H3;;/q;;;;;;;;;;-1;;;;;;;;;;-1;;.